The molecule has 2 N–H and O–H groups in total. The van der Waals surface area contributed by atoms with Gasteiger partial charge in [-0.05, 0) is 18.9 Å². The second-order valence-corrected chi connectivity index (χ2v) is 5.27. The highest BCUT2D eigenvalue weighted by Gasteiger charge is 2.45. The van der Waals surface area contributed by atoms with Crippen molar-refractivity contribution in [2.24, 2.45) is 0 Å². The molecule has 1 unspecified atom stereocenters. The van der Waals surface area contributed by atoms with Crippen molar-refractivity contribution in [3.63, 3.8) is 0 Å². The molecule has 0 aliphatic carbocycles. The summed E-state index contributed by atoms with van der Waals surface area (Å²) < 4.78 is 5.92. The number of hydrogen-bond acceptors (Lipinski definition) is 3. The number of terminal acetylenes is 1. The molecule has 1 aromatic carbocycles. The van der Waals surface area contributed by atoms with Crippen LogP contribution in [0.2, 0.25) is 0 Å². The van der Waals surface area contributed by atoms with E-state index in [9.17, 15) is 9.90 Å². The summed E-state index contributed by atoms with van der Waals surface area (Å²) in [6.07, 6.45) is 8.18. The molecule has 6 nitrogen and oxygen atoms in total. The number of para-hydroxylation sites is 1. The van der Waals surface area contributed by atoms with Gasteiger partial charge >= 0.3 is 6.09 Å². The molecule has 0 spiro atoms. The number of fused-ring (bicyclic) bond motifs is 1. The van der Waals surface area contributed by atoms with E-state index in [-0.39, 0.29) is 6.61 Å². The largest absolute Gasteiger partial charge is 0.465 e. The fourth-order valence-corrected chi connectivity index (χ4v) is 3.16. The number of H-pyrrole nitrogens is 1. The molecule has 1 saturated heterocycles. The molecule has 2 heterocycles. The third-order valence-electron chi connectivity index (χ3n) is 4.08. The van der Waals surface area contributed by atoms with E-state index < -0.39 is 11.8 Å². The zero-order valence-electron chi connectivity index (χ0n) is 12.1. The molecule has 6 heteroatoms. The molecule has 2 aromatic rings. The first-order chi connectivity index (χ1) is 10.7. The van der Waals surface area contributed by atoms with Crippen molar-refractivity contribution in [1.29, 1.82) is 0 Å². The minimum Gasteiger partial charge on any atom is -0.465 e. The van der Waals surface area contributed by atoms with Crippen LogP contribution in [0.25, 0.3) is 11.0 Å². The molecule has 0 radical (unpaired) electrons. The molecule has 1 amide bonds. The molecular weight excluding hydrogens is 282 g/mol. The predicted octanol–water partition coefficient (Wildman–Crippen LogP) is 2.53. The van der Waals surface area contributed by atoms with Gasteiger partial charge in [0.15, 0.2) is 5.72 Å². The number of likely N-dealkylation sites (tertiary alicyclic amines) is 1. The number of rotatable bonds is 3. The van der Waals surface area contributed by atoms with Crippen LogP contribution in [0.1, 0.15) is 24.8 Å². The minimum atomic E-state index is -1.07. The number of hydrogen-bond donors (Lipinski definition) is 2. The Morgan fingerprint density at radius 3 is 3.18 bits per heavy atom. The summed E-state index contributed by atoms with van der Waals surface area (Å²) in [5, 5.41) is 9.63. The van der Waals surface area contributed by atoms with E-state index in [1.807, 2.05) is 18.2 Å². The Kier molecular flexibility index (Phi) is 3.73. The Bertz CT molecular complexity index is 734. The summed E-state index contributed by atoms with van der Waals surface area (Å²) >= 11 is 0. The monoisotopic (exact) mass is 299 g/mol. The average Bonchev–Trinajstić information content (AvgIpc) is 3.01. The van der Waals surface area contributed by atoms with Crippen LogP contribution in [0.5, 0.6) is 0 Å². The van der Waals surface area contributed by atoms with Crippen molar-refractivity contribution < 1.29 is 14.6 Å². The molecule has 1 atom stereocenters. The van der Waals surface area contributed by atoms with Crippen LogP contribution in [-0.2, 0) is 10.5 Å². The van der Waals surface area contributed by atoms with Crippen LogP contribution in [0.4, 0.5) is 4.79 Å². The number of aromatic nitrogens is 2. The van der Waals surface area contributed by atoms with E-state index in [4.69, 9.17) is 11.2 Å². The molecule has 1 aliphatic heterocycles. The topological polar surface area (TPSA) is 78.5 Å². The number of imidazole rings is 1. The van der Waals surface area contributed by atoms with Gasteiger partial charge in [-0.2, -0.15) is 0 Å². The lowest BCUT2D eigenvalue weighted by Crippen LogP contribution is -2.53. The van der Waals surface area contributed by atoms with Crippen LogP contribution < -0.4 is 0 Å². The summed E-state index contributed by atoms with van der Waals surface area (Å²) in [4.78, 5) is 20.4. The molecule has 0 saturated carbocycles. The van der Waals surface area contributed by atoms with Gasteiger partial charge in [0.1, 0.15) is 6.61 Å². The van der Waals surface area contributed by atoms with Crippen LogP contribution in [0.15, 0.2) is 24.5 Å². The number of ether oxygens (including phenoxy) is 1. The zero-order valence-corrected chi connectivity index (χ0v) is 12.1. The van der Waals surface area contributed by atoms with Crippen molar-refractivity contribution in [2.45, 2.75) is 25.0 Å². The minimum absolute atomic E-state index is 0.0499. The van der Waals surface area contributed by atoms with E-state index in [1.54, 1.807) is 6.33 Å². The Morgan fingerprint density at radius 1 is 1.55 bits per heavy atom. The van der Waals surface area contributed by atoms with Crippen LogP contribution >= 0.6 is 0 Å². The van der Waals surface area contributed by atoms with Gasteiger partial charge in [-0.3, -0.25) is 4.90 Å². The Hall–Kier alpha value is -2.52. The van der Waals surface area contributed by atoms with E-state index >= 15 is 0 Å². The molecule has 114 valence electrons. The van der Waals surface area contributed by atoms with Crippen LogP contribution in [0.3, 0.4) is 0 Å². The first-order valence-corrected chi connectivity index (χ1v) is 7.19. The highest BCUT2D eigenvalue weighted by atomic mass is 16.5. The summed E-state index contributed by atoms with van der Waals surface area (Å²) in [5.41, 5.74) is 1.26. The summed E-state index contributed by atoms with van der Waals surface area (Å²) in [5.74, 6) is 2.44. The lowest BCUT2D eigenvalue weighted by Gasteiger charge is -2.45. The SMILES string of the molecule is C#CCOC1(c2cccc3nc[nH]c23)CCCCN1C(=O)O. The van der Waals surface area contributed by atoms with E-state index in [2.05, 4.69) is 15.9 Å². The van der Waals surface area contributed by atoms with Gasteiger partial charge in [0.25, 0.3) is 0 Å². The predicted molar refractivity (Wildman–Crippen MR) is 81.1 cm³/mol. The van der Waals surface area contributed by atoms with Crippen molar-refractivity contribution in [3.05, 3.63) is 30.1 Å². The van der Waals surface area contributed by atoms with Gasteiger partial charge in [-0.1, -0.05) is 18.1 Å². The van der Waals surface area contributed by atoms with Crippen molar-refractivity contribution in [1.82, 2.24) is 14.9 Å². The maximum atomic E-state index is 11.7. The fourth-order valence-electron chi connectivity index (χ4n) is 3.16. The first-order valence-electron chi connectivity index (χ1n) is 7.19. The quantitative estimate of drug-likeness (QED) is 0.854. The summed E-state index contributed by atoms with van der Waals surface area (Å²) in [6, 6.07) is 5.60. The van der Waals surface area contributed by atoms with Crippen LogP contribution in [-0.4, -0.2) is 39.2 Å². The number of carbonyl (C=O) groups is 1. The number of benzene rings is 1. The number of piperidine rings is 1. The van der Waals surface area contributed by atoms with E-state index in [1.165, 1.54) is 4.90 Å². The molecule has 22 heavy (non-hydrogen) atoms. The second-order valence-electron chi connectivity index (χ2n) is 5.27. The van der Waals surface area contributed by atoms with Crippen molar-refractivity contribution in [2.75, 3.05) is 13.2 Å². The second kappa shape index (κ2) is 5.70. The molecule has 1 fully saturated rings. The Balaban J connectivity index is 2.18. The third kappa shape index (κ3) is 2.20. The Labute approximate surface area is 128 Å². The fraction of sp³-hybridized carbons (Fsp3) is 0.375. The standard InChI is InChI=1S/C16H17N3O3/c1-2-10-22-16(8-3-4-9-19(16)15(20)21)12-6-5-7-13-14(12)18-11-17-13/h1,5-7,11H,3-4,8-10H2,(H,17,18)(H,20,21). The third-order valence-corrected chi connectivity index (χ3v) is 4.08. The van der Waals surface area contributed by atoms with Gasteiger partial charge in [0.05, 0.1) is 17.4 Å². The maximum absolute atomic E-state index is 11.7. The average molecular weight is 299 g/mol. The molecular formula is C16H17N3O3. The smallest absolute Gasteiger partial charge is 0.409 e. The molecule has 1 aliphatic rings. The van der Waals surface area contributed by atoms with Crippen molar-refractivity contribution >= 4 is 17.1 Å². The number of amides is 1. The van der Waals surface area contributed by atoms with Crippen molar-refractivity contribution in [3.8, 4) is 12.3 Å². The highest BCUT2D eigenvalue weighted by molar-refractivity contribution is 5.80. The van der Waals surface area contributed by atoms with E-state index in [0.717, 1.165) is 29.4 Å². The molecule has 3 rings (SSSR count). The highest BCUT2D eigenvalue weighted by Crippen LogP contribution is 2.41. The van der Waals surface area contributed by atoms with E-state index in [0.29, 0.717) is 13.0 Å². The zero-order chi connectivity index (χ0) is 15.6. The lowest BCUT2D eigenvalue weighted by molar-refractivity contribution is -0.157. The number of carboxylic acid groups (broad SMARTS) is 1. The number of nitrogens with one attached hydrogen (secondary N) is 1. The van der Waals surface area contributed by atoms with Gasteiger partial charge in [0, 0.05) is 18.5 Å². The maximum Gasteiger partial charge on any atom is 0.409 e. The number of nitrogens with zero attached hydrogens (tertiary/aromatic N) is 2. The summed E-state index contributed by atoms with van der Waals surface area (Å²) in [7, 11) is 0. The Morgan fingerprint density at radius 2 is 2.41 bits per heavy atom. The van der Waals surface area contributed by atoms with Gasteiger partial charge in [-0.15, -0.1) is 6.42 Å². The molecule has 0 bridgehead atoms. The molecule has 1 aromatic heterocycles. The van der Waals surface area contributed by atoms with Gasteiger partial charge in [-0.25, -0.2) is 9.78 Å². The first kappa shape index (κ1) is 14.4. The number of aromatic amines is 1. The van der Waals surface area contributed by atoms with Gasteiger partial charge in [0.2, 0.25) is 0 Å². The lowest BCUT2D eigenvalue weighted by atomic mass is 9.90. The van der Waals surface area contributed by atoms with Gasteiger partial charge < -0.3 is 14.8 Å². The normalized spacial score (nSPS) is 21.7. The summed E-state index contributed by atoms with van der Waals surface area (Å²) in [6.45, 7) is 0.471. The van der Waals surface area contributed by atoms with Crippen LogP contribution in [0, 0.1) is 12.3 Å².